The highest BCUT2D eigenvalue weighted by atomic mass is 35.7. The number of anilines is 2. The average molecular weight is 387 g/mol. The number of benzene rings is 2. The highest BCUT2D eigenvalue weighted by Crippen LogP contribution is 2.25. The molecule has 2 aromatic rings. The molecule has 0 amide bonds. The van der Waals surface area contributed by atoms with Crippen molar-refractivity contribution in [3.8, 4) is 0 Å². The Morgan fingerprint density at radius 2 is 1.36 bits per heavy atom. The lowest BCUT2D eigenvalue weighted by Gasteiger charge is -2.21. The summed E-state index contributed by atoms with van der Waals surface area (Å²) in [7, 11) is -2.70. The molecule has 2 aromatic carbocycles. The molecule has 0 aliphatic carbocycles. The predicted molar refractivity (Wildman–Crippen MR) is 89.7 cm³/mol. The van der Waals surface area contributed by atoms with Gasteiger partial charge >= 0.3 is 0 Å². The number of hydrogen-bond donors (Lipinski definition) is 1. The summed E-state index contributed by atoms with van der Waals surface area (Å²) in [6, 6.07) is 21.2. The first-order valence-corrected chi connectivity index (χ1v) is 9.05. The maximum Gasteiger partial charge on any atom is 0.0777 e. The molecule has 0 aliphatic rings. The van der Waals surface area contributed by atoms with E-state index in [0.29, 0.717) is 6.00 Å². The molecule has 0 spiro atoms. The van der Waals surface area contributed by atoms with E-state index in [0.717, 1.165) is 17.9 Å². The maximum atomic E-state index is 8.60. The van der Waals surface area contributed by atoms with Crippen molar-refractivity contribution >= 4 is 23.0 Å². The molecule has 0 saturated heterocycles. The van der Waals surface area contributed by atoms with Crippen LogP contribution in [0, 0.1) is 10.2 Å². The van der Waals surface area contributed by atoms with E-state index < -0.39 is 10.2 Å². The van der Waals surface area contributed by atoms with Crippen LogP contribution in [0.25, 0.3) is 0 Å². The molecule has 0 bridgehead atoms. The number of para-hydroxylation sites is 2. The van der Waals surface area contributed by atoms with Gasteiger partial charge in [-0.2, -0.15) is 14.0 Å². The Morgan fingerprint density at radius 1 is 0.960 bits per heavy atom. The monoisotopic (exact) mass is 386 g/mol. The van der Waals surface area contributed by atoms with Crippen molar-refractivity contribution in [2.24, 2.45) is 0 Å². The van der Waals surface area contributed by atoms with Crippen LogP contribution < -0.4 is 18.9 Å². The van der Waals surface area contributed by atoms with Crippen LogP contribution in [0.5, 0.6) is 0 Å². The SMILES string of the molecule is CN(CCl)CC=CN(c1ccccc1)c1ccccc1.[O-][Cl+3]([O-])([O-])O. The van der Waals surface area contributed by atoms with E-state index in [4.69, 9.17) is 30.2 Å². The molecule has 0 heterocycles. The molecule has 0 aromatic heterocycles. The van der Waals surface area contributed by atoms with Crippen molar-refractivity contribution in [2.45, 2.75) is 0 Å². The van der Waals surface area contributed by atoms with Gasteiger partial charge in [0.1, 0.15) is 0 Å². The van der Waals surface area contributed by atoms with Gasteiger partial charge in [-0.1, -0.05) is 42.5 Å². The standard InChI is InChI=1S/C17H19ClN2.ClHO4/c1-19(15-18)13-8-14-20(16-9-4-2-5-10-16)17-11-6-3-7-12-17;2-1(3,4)5/h2-12,14H,13,15H2,1H3;(H,2,3,4,5). The number of rotatable bonds is 6. The number of nitrogens with zero attached hydrogens (tertiary/aromatic N) is 2. The number of alkyl halides is 1. The number of likely N-dealkylation sites (N-methyl/N-ethyl adjacent to an activating group) is 1. The zero-order valence-electron chi connectivity index (χ0n) is 13.7. The molecule has 2 rings (SSSR count). The Bertz CT molecular complexity index is 576. The van der Waals surface area contributed by atoms with Crippen LogP contribution in [0.3, 0.4) is 0 Å². The van der Waals surface area contributed by atoms with Crippen LogP contribution in [0.15, 0.2) is 72.9 Å². The summed E-state index contributed by atoms with van der Waals surface area (Å²) >= 11 is 5.78. The van der Waals surface area contributed by atoms with Crippen molar-refractivity contribution in [1.29, 1.82) is 0 Å². The Morgan fingerprint density at radius 3 is 1.72 bits per heavy atom. The molecule has 8 heteroatoms. The highest BCUT2D eigenvalue weighted by molar-refractivity contribution is 6.17. The van der Waals surface area contributed by atoms with E-state index in [1.165, 1.54) is 0 Å². The van der Waals surface area contributed by atoms with E-state index in [2.05, 4.69) is 41.4 Å². The normalized spacial score (nSPS) is 11.3. The largest absolute Gasteiger partial charge is 0.317 e. The minimum absolute atomic E-state index is 0.529. The molecule has 0 aliphatic heterocycles. The van der Waals surface area contributed by atoms with Crippen molar-refractivity contribution in [3.63, 3.8) is 0 Å². The van der Waals surface area contributed by atoms with Gasteiger partial charge in [-0.15, -0.1) is 11.6 Å². The van der Waals surface area contributed by atoms with Gasteiger partial charge in [0.15, 0.2) is 0 Å². The van der Waals surface area contributed by atoms with Gasteiger partial charge in [-0.05, 0) is 31.3 Å². The lowest BCUT2D eigenvalue weighted by atomic mass is 10.2. The van der Waals surface area contributed by atoms with Crippen LogP contribution in [-0.2, 0) is 0 Å². The van der Waals surface area contributed by atoms with E-state index in [9.17, 15) is 0 Å². The Balaban J connectivity index is 0.000000550. The third kappa shape index (κ3) is 10.1. The van der Waals surface area contributed by atoms with Gasteiger partial charge < -0.3 is 4.90 Å². The van der Waals surface area contributed by atoms with Crippen molar-refractivity contribution in [1.82, 2.24) is 4.90 Å². The second kappa shape index (κ2) is 11.1. The first-order chi connectivity index (χ1) is 11.8. The Kier molecular flexibility index (Phi) is 9.48. The third-order valence-electron chi connectivity index (χ3n) is 2.94. The molecule has 1 N–H and O–H groups in total. The van der Waals surface area contributed by atoms with Gasteiger partial charge in [-0.25, -0.2) is 0 Å². The molecule has 0 saturated carbocycles. The van der Waals surface area contributed by atoms with E-state index >= 15 is 0 Å². The quantitative estimate of drug-likeness (QED) is 0.568. The maximum absolute atomic E-state index is 8.60. The first kappa shape index (κ1) is 21.4. The summed E-state index contributed by atoms with van der Waals surface area (Å²) in [5.41, 5.74) is 2.28. The van der Waals surface area contributed by atoms with Crippen molar-refractivity contribution in [2.75, 3.05) is 24.5 Å². The topological polar surface area (TPSA) is 95.9 Å². The van der Waals surface area contributed by atoms with E-state index in [1.807, 2.05) is 48.3 Å². The molecular formula is C17H20Cl2N2O4. The minimum atomic E-state index is -4.69. The first-order valence-electron chi connectivity index (χ1n) is 7.25. The fourth-order valence-corrected chi connectivity index (χ4v) is 1.98. The fourth-order valence-electron chi connectivity index (χ4n) is 1.88. The van der Waals surface area contributed by atoms with Crippen LogP contribution in [0.2, 0.25) is 0 Å². The molecule has 136 valence electrons. The van der Waals surface area contributed by atoms with Crippen LogP contribution in [0.4, 0.5) is 11.4 Å². The highest BCUT2D eigenvalue weighted by Gasteiger charge is 2.04. The molecule has 25 heavy (non-hydrogen) atoms. The van der Waals surface area contributed by atoms with Gasteiger partial charge in [0, 0.05) is 24.1 Å². The summed E-state index contributed by atoms with van der Waals surface area (Å²) in [5, 5.41) is 0. The minimum Gasteiger partial charge on any atom is -0.317 e. The van der Waals surface area contributed by atoms with Gasteiger partial charge in [0.25, 0.3) is 0 Å². The summed E-state index contributed by atoms with van der Waals surface area (Å²) in [5.74, 6) is 0. The summed E-state index contributed by atoms with van der Waals surface area (Å²) in [6.45, 7) is 0.819. The molecule has 0 radical (unpaired) electrons. The Hall–Kier alpha value is -1.64. The third-order valence-corrected chi connectivity index (χ3v) is 3.35. The average Bonchev–Trinajstić information content (AvgIpc) is 2.58. The summed E-state index contributed by atoms with van der Waals surface area (Å²) in [6.07, 6.45) is 4.20. The lowest BCUT2D eigenvalue weighted by Crippen LogP contribution is -2.58. The zero-order valence-corrected chi connectivity index (χ0v) is 15.2. The molecular weight excluding hydrogens is 367 g/mol. The van der Waals surface area contributed by atoms with Gasteiger partial charge in [0.2, 0.25) is 0 Å². The van der Waals surface area contributed by atoms with Crippen LogP contribution in [-0.4, -0.2) is 29.2 Å². The van der Waals surface area contributed by atoms with E-state index in [1.54, 1.807) is 0 Å². The van der Waals surface area contributed by atoms with Crippen molar-refractivity contribution < 1.29 is 28.9 Å². The second-order valence-electron chi connectivity index (χ2n) is 4.98. The number of hydrogen-bond acceptors (Lipinski definition) is 6. The molecule has 0 unspecified atom stereocenters. The number of halogens is 2. The molecule has 0 atom stereocenters. The van der Waals surface area contributed by atoms with Crippen molar-refractivity contribution in [3.05, 3.63) is 72.9 Å². The van der Waals surface area contributed by atoms with Crippen LogP contribution >= 0.6 is 11.6 Å². The van der Waals surface area contributed by atoms with Crippen LogP contribution in [0.1, 0.15) is 0 Å². The summed E-state index contributed by atoms with van der Waals surface area (Å²) < 4.78 is 32.7. The molecule has 6 nitrogen and oxygen atoms in total. The van der Waals surface area contributed by atoms with Gasteiger partial charge in [-0.3, -0.25) is 4.90 Å². The predicted octanol–water partition coefficient (Wildman–Crippen LogP) is 0.342. The van der Waals surface area contributed by atoms with E-state index in [-0.39, 0.29) is 0 Å². The van der Waals surface area contributed by atoms with Gasteiger partial charge in [0.05, 0.1) is 20.9 Å². The zero-order chi connectivity index (χ0) is 18.7. The lowest BCUT2D eigenvalue weighted by molar-refractivity contribution is -1.92. The molecule has 0 fully saturated rings. The smallest absolute Gasteiger partial charge is 0.0777 e. The Labute approximate surface area is 154 Å². The second-order valence-corrected chi connectivity index (χ2v) is 6.01. The summed E-state index contributed by atoms with van der Waals surface area (Å²) in [4.78, 5) is 4.20. The fraction of sp³-hybridized carbons (Fsp3) is 0.176.